The minimum absolute atomic E-state index is 0.578. The fourth-order valence-electron chi connectivity index (χ4n) is 1.98. The normalized spacial score (nSPS) is 11.9. The van der Waals surface area contributed by atoms with Gasteiger partial charge in [-0.25, -0.2) is 10.4 Å². The minimum atomic E-state index is 0.578. The highest BCUT2D eigenvalue weighted by atomic mass is 35.5. The Hall–Kier alpha value is -2.04. The lowest BCUT2D eigenvalue weighted by Gasteiger charge is -2.04. The fourth-order valence-corrected chi connectivity index (χ4v) is 2.40. The molecule has 1 heterocycles. The van der Waals surface area contributed by atoms with E-state index < -0.39 is 0 Å². The molecule has 0 aliphatic heterocycles. The van der Waals surface area contributed by atoms with Gasteiger partial charge in [0.1, 0.15) is 0 Å². The molecule has 0 spiro atoms. The smallest absolute Gasteiger partial charge is 0.222 e. The van der Waals surface area contributed by atoms with Crippen LogP contribution in [0.2, 0.25) is 10.0 Å². The number of fused-ring (bicyclic) bond motifs is 1. The van der Waals surface area contributed by atoms with Crippen LogP contribution in [0.15, 0.2) is 47.6 Å². The van der Waals surface area contributed by atoms with E-state index in [1.807, 2.05) is 31.2 Å². The molecule has 3 aromatic rings. The third-order valence-electron chi connectivity index (χ3n) is 3.04. The van der Waals surface area contributed by atoms with Crippen molar-refractivity contribution in [2.24, 2.45) is 5.10 Å². The summed E-state index contributed by atoms with van der Waals surface area (Å²) in [7, 11) is 0. The lowest BCUT2D eigenvalue weighted by Crippen LogP contribution is -2.01. The second-order valence-corrected chi connectivity index (χ2v) is 5.38. The molecule has 0 aliphatic carbocycles. The van der Waals surface area contributed by atoms with E-state index in [0.29, 0.717) is 16.0 Å². The van der Waals surface area contributed by atoms with Gasteiger partial charge in [0.2, 0.25) is 5.95 Å². The number of nitrogens with zero attached hydrogens (tertiary/aromatic N) is 2. The van der Waals surface area contributed by atoms with E-state index in [1.165, 1.54) is 0 Å². The van der Waals surface area contributed by atoms with Crippen molar-refractivity contribution in [2.75, 3.05) is 5.43 Å². The number of nitrogens with one attached hydrogen (secondary N) is 2. The number of imidazole rings is 1. The van der Waals surface area contributed by atoms with E-state index in [2.05, 4.69) is 20.5 Å². The number of hydrazone groups is 1. The number of aromatic amines is 1. The lowest BCUT2D eigenvalue weighted by molar-refractivity contribution is 1.20. The van der Waals surface area contributed by atoms with Gasteiger partial charge in [-0.15, -0.1) is 0 Å². The van der Waals surface area contributed by atoms with Gasteiger partial charge in [0.05, 0.1) is 16.7 Å². The van der Waals surface area contributed by atoms with Crippen LogP contribution in [0.1, 0.15) is 12.5 Å². The molecule has 1 aromatic heterocycles. The molecular weight excluding hydrogens is 307 g/mol. The van der Waals surface area contributed by atoms with Gasteiger partial charge >= 0.3 is 0 Å². The molecule has 3 rings (SSSR count). The molecule has 0 atom stereocenters. The summed E-state index contributed by atoms with van der Waals surface area (Å²) in [6.45, 7) is 1.85. The van der Waals surface area contributed by atoms with Gasteiger partial charge in [-0.2, -0.15) is 5.10 Å². The van der Waals surface area contributed by atoms with Crippen LogP contribution >= 0.6 is 23.2 Å². The molecule has 21 heavy (non-hydrogen) atoms. The van der Waals surface area contributed by atoms with Gasteiger partial charge in [0.15, 0.2) is 0 Å². The van der Waals surface area contributed by atoms with Crippen molar-refractivity contribution < 1.29 is 0 Å². The maximum Gasteiger partial charge on any atom is 0.222 e. The molecule has 0 fully saturated rings. The Kier molecular flexibility index (Phi) is 3.82. The predicted molar refractivity (Wildman–Crippen MR) is 88.4 cm³/mol. The van der Waals surface area contributed by atoms with Gasteiger partial charge < -0.3 is 4.98 Å². The first-order valence-electron chi connectivity index (χ1n) is 6.34. The number of benzene rings is 2. The van der Waals surface area contributed by atoms with Gasteiger partial charge in [0.25, 0.3) is 0 Å². The van der Waals surface area contributed by atoms with Crippen molar-refractivity contribution in [1.82, 2.24) is 9.97 Å². The summed E-state index contributed by atoms with van der Waals surface area (Å²) in [5.74, 6) is 0.578. The average molecular weight is 319 g/mol. The van der Waals surface area contributed by atoms with Crippen LogP contribution in [0.25, 0.3) is 11.0 Å². The quantitative estimate of drug-likeness (QED) is 0.543. The third kappa shape index (κ3) is 3.01. The highest BCUT2D eigenvalue weighted by molar-refractivity contribution is 6.36. The zero-order chi connectivity index (χ0) is 14.8. The zero-order valence-electron chi connectivity index (χ0n) is 11.2. The first-order valence-corrected chi connectivity index (χ1v) is 7.09. The predicted octanol–water partition coefficient (Wildman–Crippen LogP) is 4.71. The van der Waals surface area contributed by atoms with Gasteiger partial charge in [-0.05, 0) is 37.3 Å². The number of para-hydroxylation sites is 2. The summed E-state index contributed by atoms with van der Waals surface area (Å²) < 4.78 is 0. The van der Waals surface area contributed by atoms with Gasteiger partial charge in [0, 0.05) is 15.6 Å². The van der Waals surface area contributed by atoms with Crippen LogP contribution in [0.3, 0.4) is 0 Å². The van der Waals surface area contributed by atoms with Crippen LogP contribution in [-0.4, -0.2) is 15.7 Å². The van der Waals surface area contributed by atoms with Crippen molar-refractivity contribution in [1.29, 1.82) is 0 Å². The molecule has 0 aliphatic rings. The Morgan fingerprint density at radius 1 is 1.19 bits per heavy atom. The first kappa shape index (κ1) is 13.9. The number of hydrogen-bond acceptors (Lipinski definition) is 3. The van der Waals surface area contributed by atoms with Crippen molar-refractivity contribution in [2.45, 2.75) is 6.92 Å². The minimum Gasteiger partial charge on any atom is -0.323 e. The van der Waals surface area contributed by atoms with E-state index in [0.717, 1.165) is 22.3 Å². The van der Waals surface area contributed by atoms with E-state index in [1.54, 1.807) is 18.2 Å². The highest BCUT2D eigenvalue weighted by Gasteiger charge is 2.06. The number of halogens is 2. The molecule has 0 radical (unpaired) electrons. The monoisotopic (exact) mass is 318 g/mol. The Balaban J connectivity index is 1.86. The van der Waals surface area contributed by atoms with Crippen molar-refractivity contribution in [3.63, 3.8) is 0 Å². The molecule has 2 aromatic carbocycles. The number of aromatic nitrogens is 2. The summed E-state index contributed by atoms with van der Waals surface area (Å²) in [5.41, 5.74) is 6.24. The summed E-state index contributed by atoms with van der Waals surface area (Å²) >= 11 is 12.1. The fraction of sp³-hybridized carbons (Fsp3) is 0.0667. The molecule has 0 saturated carbocycles. The zero-order valence-corrected chi connectivity index (χ0v) is 12.7. The molecule has 0 unspecified atom stereocenters. The molecule has 6 heteroatoms. The molecule has 0 amide bonds. The molecule has 0 bridgehead atoms. The topological polar surface area (TPSA) is 53.1 Å². The molecule has 4 nitrogen and oxygen atoms in total. The van der Waals surface area contributed by atoms with Gasteiger partial charge in [-0.1, -0.05) is 35.3 Å². The molecular formula is C15H12Cl2N4. The summed E-state index contributed by atoms with van der Waals surface area (Å²) in [4.78, 5) is 7.53. The Morgan fingerprint density at radius 2 is 2.00 bits per heavy atom. The summed E-state index contributed by atoms with van der Waals surface area (Å²) in [6, 6.07) is 13.0. The molecule has 2 N–H and O–H groups in total. The maximum atomic E-state index is 6.15. The SMILES string of the molecule is C/C(=N/Nc1nc2ccccc2[nH]1)c1cc(Cl)ccc1Cl. The standard InChI is InChI=1S/C15H12Cl2N4/c1-9(11-8-10(16)6-7-12(11)17)20-21-15-18-13-4-2-3-5-14(13)19-15/h2-8H,1H3,(H2,18,19,21)/b20-9-. The van der Waals surface area contributed by atoms with Crippen molar-refractivity contribution >= 4 is 45.9 Å². The number of hydrogen-bond donors (Lipinski definition) is 2. The van der Waals surface area contributed by atoms with Crippen molar-refractivity contribution in [3.05, 3.63) is 58.1 Å². The van der Waals surface area contributed by atoms with Crippen molar-refractivity contribution in [3.8, 4) is 0 Å². The van der Waals surface area contributed by atoms with E-state index in [4.69, 9.17) is 23.2 Å². The number of H-pyrrole nitrogens is 1. The Labute approximate surface area is 131 Å². The maximum absolute atomic E-state index is 6.15. The molecule has 106 valence electrons. The first-order chi connectivity index (χ1) is 10.1. The third-order valence-corrected chi connectivity index (χ3v) is 3.60. The molecule has 0 saturated heterocycles. The highest BCUT2D eigenvalue weighted by Crippen LogP contribution is 2.21. The summed E-state index contributed by atoms with van der Waals surface area (Å²) in [6.07, 6.45) is 0. The Bertz CT molecular complexity index is 790. The second-order valence-electron chi connectivity index (χ2n) is 4.54. The lowest BCUT2D eigenvalue weighted by atomic mass is 10.1. The number of rotatable bonds is 3. The van der Waals surface area contributed by atoms with Crippen LogP contribution < -0.4 is 5.43 Å². The van der Waals surface area contributed by atoms with Crippen LogP contribution in [-0.2, 0) is 0 Å². The van der Waals surface area contributed by atoms with Crippen LogP contribution in [0.4, 0.5) is 5.95 Å². The van der Waals surface area contributed by atoms with E-state index in [9.17, 15) is 0 Å². The summed E-state index contributed by atoms with van der Waals surface area (Å²) in [5, 5.41) is 5.51. The van der Waals surface area contributed by atoms with E-state index in [-0.39, 0.29) is 0 Å². The largest absolute Gasteiger partial charge is 0.323 e. The Morgan fingerprint density at radius 3 is 2.81 bits per heavy atom. The van der Waals surface area contributed by atoms with Crippen LogP contribution in [0.5, 0.6) is 0 Å². The number of anilines is 1. The van der Waals surface area contributed by atoms with Crippen LogP contribution in [0, 0.1) is 0 Å². The average Bonchev–Trinajstić information content (AvgIpc) is 2.90. The van der Waals surface area contributed by atoms with E-state index >= 15 is 0 Å². The van der Waals surface area contributed by atoms with Gasteiger partial charge in [-0.3, -0.25) is 0 Å². The second kappa shape index (κ2) is 5.76.